The molecule has 25 heavy (non-hydrogen) atoms. The van der Waals surface area contributed by atoms with Crippen LogP contribution in [-0.2, 0) is 11.2 Å². The van der Waals surface area contributed by atoms with E-state index in [1.165, 1.54) is 12.8 Å². The summed E-state index contributed by atoms with van der Waals surface area (Å²) in [6.45, 7) is 3.49. The summed E-state index contributed by atoms with van der Waals surface area (Å²) in [7, 11) is 0. The fourth-order valence-electron chi connectivity index (χ4n) is 4.27. The number of ether oxygens (including phenoxy) is 1. The van der Waals surface area contributed by atoms with Crippen LogP contribution in [-0.4, -0.2) is 54.4 Å². The lowest BCUT2D eigenvalue weighted by atomic mass is 10.1. The normalized spacial score (nSPS) is 21.0. The maximum Gasteiger partial charge on any atom is 0.253 e. The number of fused-ring (bicyclic) bond motifs is 1. The van der Waals surface area contributed by atoms with Crippen LogP contribution in [0.4, 0.5) is 0 Å². The predicted molar refractivity (Wildman–Crippen MR) is 94.7 cm³/mol. The summed E-state index contributed by atoms with van der Waals surface area (Å²) in [6.07, 6.45) is 6.16. The molecular formula is C20H26N2O3. The van der Waals surface area contributed by atoms with Gasteiger partial charge in [0.15, 0.2) is 0 Å². The molecule has 0 radical (unpaired) electrons. The van der Waals surface area contributed by atoms with E-state index in [1.54, 1.807) is 0 Å². The maximum absolute atomic E-state index is 12.9. The lowest BCUT2D eigenvalue weighted by molar-refractivity contribution is -0.135. The van der Waals surface area contributed by atoms with Gasteiger partial charge in [0.25, 0.3) is 5.91 Å². The number of hydrogen-bond donors (Lipinski definition) is 0. The molecule has 0 unspecified atom stereocenters. The van der Waals surface area contributed by atoms with Gasteiger partial charge in [-0.1, -0.05) is 12.8 Å². The summed E-state index contributed by atoms with van der Waals surface area (Å²) < 4.78 is 5.52. The van der Waals surface area contributed by atoms with Crippen LogP contribution >= 0.6 is 0 Å². The summed E-state index contributed by atoms with van der Waals surface area (Å²) in [5.74, 6) is 1.51. The molecule has 1 aromatic carbocycles. The molecule has 0 aromatic heterocycles. The molecule has 5 nitrogen and oxygen atoms in total. The third-order valence-electron chi connectivity index (χ3n) is 5.74. The highest BCUT2D eigenvalue weighted by Gasteiger charge is 2.29. The van der Waals surface area contributed by atoms with Crippen molar-refractivity contribution in [2.45, 2.75) is 38.5 Å². The third-order valence-corrected chi connectivity index (χ3v) is 5.74. The highest BCUT2D eigenvalue weighted by atomic mass is 16.5. The van der Waals surface area contributed by atoms with Crippen molar-refractivity contribution in [2.24, 2.45) is 5.92 Å². The monoisotopic (exact) mass is 342 g/mol. The third kappa shape index (κ3) is 3.37. The SMILES string of the molecule is O=C(c1ccc2c(c1)CCO2)N1CCCN(C(=O)C2CCCC2)CC1. The number of amides is 2. The second-order valence-electron chi connectivity index (χ2n) is 7.37. The minimum Gasteiger partial charge on any atom is -0.493 e. The molecule has 1 saturated carbocycles. The fraction of sp³-hybridized carbons (Fsp3) is 0.600. The molecule has 0 atom stereocenters. The van der Waals surface area contributed by atoms with Gasteiger partial charge in [0.2, 0.25) is 5.91 Å². The highest BCUT2D eigenvalue weighted by Crippen LogP contribution is 2.28. The molecule has 5 heteroatoms. The van der Waals surface area contributed by atoms with Crippen molar-refractivity contribution in [3.63, 3.8) is 0 Å². The van der Waals surface area contributed by atoms with Crippen molar-refractivity contribution >= 4 is 11.8 Å². The molecule has 2 aliphatic heterocycles. The van der Waals surface area contributed by atoms with Crippen LogP contribution in [0.15, 0.2) is 18.2 Å². The van der Waals surface area contributed by atoms with Gasteiger partial charge in [-0.3, -0.25) is 9.59 Å². The first-order valence-electron chi connectivity index (χ1n) is 9.56. The van der Waals surface area contributed by atoms with Crippen molar-refractivity contribution in [1.29, 1.82) is 0 Å². The Morgan fingerprint density at radius 2 is 1.72 bits per heavy atom. The van der Waals surface area contributed by atoms with Crippen LogP contribution in [0.3, 0.4) is 0 Å². The molecule has 3 aliphatic rings. The Bertz CT molecular complexity index is 667. The highest BCUT2D eigenvalue weighted by molar-refractivity contribution is 5.94. The summed E-state index contributed by atoms with van der Waals surface area (Å²) in [6, 6.07) is 5.74. The second kappa shape index (κ2) is 7.06. The molecule has 0 bridgehead atoms. The number of rotatable bonds is 2. The van der Waals surface area contributed by atoms with Crippen LogP contribution in [0, 0.1) is 5.92 Å². The number of benzene rings is 1. The quantitative estimate of drug-likeness (QED) is 0.830. The average molecular weight is 342 g/mol. The zero-order valence-electron chi connectivity index (χ0n) is 14.7. The van der Waals surface area contributed by atoms with Gasteiger partial charge in [0.05, 0.1) is 6.61 Å². The summed E-state index contributed by atoms with van der Waals surface area (Å²) in [5.41, 5.74) is 1.86. The van der Waals surface area contributed by atoms with Crippen molar-refractivity contribution in [1.82, 2.24) is 9.80 Å². The van der Waals surface area contributed by atoms with Gasteiger partial charge in [0.1, 0.15) is 5.75 Å². The average Bonchev–Trinajstić information content (AvgIpc) is 3.27. The first-order valence-corrected chi connectivity index (χ1v) is 9.56. The Labute approximate surface area is 148 Å². The van der Waals surface area contributed by atoms with Crippen LogP contribution in [0.1, 0.15) is 48.0 Å². The largest absolute Gasteiger partial charge is 0.493 e. The van der Waals surface area contributed by atoms with Gasteiger partial charge in [-0.15, -0.1) is 0 Å². The van der Waals surface area contributed by atoms with Gasteiger partial charge in [-0.2, -0.15) is 0 Å². The van der Waals surface area contributed by atoms with E-state index >= 15 is 0 Å². The summed E-state index contributed by atoms with van der Waals surface area (Å²) in [5, 5.41) is 0. The molecular weight excluding hydrogens is 316 g/mol. The Balaban J connectivity index is 1.40. The van der Waals surface area contributed by atoms with E-state index in [-0.39, 0.29) is 11.8 Å². The predicted octanol–water partition coefficient (Wildman–Crippen LogP) is 2.49. The fourth-order valence-corrected chi connectivity index (χ4v) is 4.27. The molecule has 4 rings (SSSR count). The van der Waals surface area contributed by atoms with E-state index in [0.717, 1.165) is 55.6 Å². The standard InChI is InChI=1S/C20H26N2O3/c23-19(15-4-1-2-5-15)21-9-3-10-22(12-11-21)20(24)17-6-7-18-16(14-17)8-13-25-18/h6-7,14-15H,1-5,8-13H2. The maximum atomic E-state index is 12.9. The van der Waals surface area contributed by atoms with E-state index in [0.29, 0.717) is 25.6 Å². The van der Waals surface area contributed by atoms with Crippen LogP contribution < -0.4 is 4.74 Å². The van der Waals surface area contributed by atoms with Crippen LogP contribution in [0.2, 0.25) is 0 Å². The Morgan fingerprint density at radius 1 is 0.960 bits per heavy atom. The van der Waals surface area contributed by atoms with Crippen molar-refractivity contribution in [3.8, 4) is 5.75 Å². The topological polar surface area (TPSA) is 49.9 Å². The van der Waals surface area contributed by atoms with Gasteiger partial charge >= 0.3 is 0 Å². The minimum atomic E-state index is 0.0739. The van der Waals surface area contributed by atoms with Crippen molar-refractivity contribution in [2.75, 3.05) is 32.8 Å². The Hall–Kier alpha value is -2.04. The zero-order valence-corrected chi connectivity index (χ0v) is 14.7. The van der Waals surface area contributed by atoms with E-state index in [1.807, 2.05) is 28.0 Å². The van der Waals surface area contributed by atoms with Gasteiger partial charge in [-0.25, -0.2) is 0 Å². The molecule has 1 aromatic rings. The van der Waals surface area contributed by atoms with E-state index in [9.17, 15) is 9.59 Å². The first-order chi connectivity index (χ1) is 12.2. The first kappa shape index (κ1) is 16.4. The number of nitrogens with zero attached hydrogens (tertiary/aromatic N) is 2. The smallest absolute Gasteiger partial charge is 0.253 e. The van der Waals surface area contributed by atoms with Crippen molar-refractivity contribution < 1.29 is 14.3 Å². The molecule has 134 valence electrons. The lowest BCUT2D eigenvalue weighted by Crippen LogP contribution is -2.39. The van der Waals surface area contributed by atoms with Gasteiger partial charge in [0, 0.05) is 44.1 Å². The summed E-state index contributed by atoms with van der Waals surface area (Å²) in [4.78, 5) is 29.4. The molecule has 2 heterocycles. The lowest BCUT2D eigenvalue weighted by Gasteiger charge is -2.24. The zero-order chi connectivity index (χ0) is 17.2. The van der Waals surface area contributed by atoms with E-state index in [4.69, 9.17) is 4.74 Å². The van der Waals surface area contributed by atoms with E-state index < -0.39 is 0 Å². The minimum absolute atomic E-state index is 0.0739. The van der Waals surface area contributed by atoms with Crippen LogP contribution in [0.25, 0.3) is 0 Å². The molecule has 0 N–H and O–H groups in total. The Kier molecular flexibility index (Phi) is 4.64. The Morgan fingerprint density at radius 3 is 2.56 bits per heavy atom. The molecule has 2 amide bonds. The second-order valence-corrected chi connectivity index (χ2v) is 7.37. The molecule has 0 spiro atoms. The van der Waals surface area contributed by atoms with Gasteiger partial charge < -0.3 is 14.5 Å². The number of carbonyl (C=O) groups is 2. The summed E-state index contributed by atoms with van der Waals surface area (Å²) >= 11 is 0. The van der Waals surface area contributed by atoms with Gasteiger partial charge in [-0.05, 0) is 43.0 Å². The number of hydrogen-bond acceptors (Lipinski definition) is 3. The molecule has 1 aliphatic carbocycles. The molecule has 1 saturated heterocycles. The van der Waals surface area contributed by atoms with Crippen molar-refractivity contribution in [3.05, 3.63) is 29.3 Å². The number of carbonyl (C=O) groups excluding carboxylic acids is 2. The van der Waals surface area contributed by atoms with E-state index in [2.05, 4.69) is 0 Å². The molecule has 2 fully saturated rings. The van der Waals surface area contributed by atoms with Crippen LogP contribution in [0.5, 0.6) is 5.75 Å².